The van der Waals surface area contributed by atoms with Crippen LogP contribution in [0, 0.1) is 20.8 Å². The van der Waals surface area contributed by atoms with Crippen LogP contribution < -0.4 is 0 Å². The van der Waals surface area contributed by atoms with Crippen LogP contribution in [-0.4, -0.2) is 10.8 Å². The number of benzene rings is 1. The molecule has 2 aromatic rings. The van der Waals surface area contributed by atoms with Crippen molar-refractivity contribution in [3.8, 4) is 0 Å². The predicted octanol–water partition coefficient (Wildman–Crippen LogP) is 3.30. The van der Waals surface area contributed by atoms with E-state index in [2.05, 4.69) is 4.98 Å². The largest absolute Gasteiger partial charge is 0.288 e. The van der Waals surface area contributed by atoms with Crippen molar-refractivity contribution in [2.45, 2.75) is 20.8 Å². The van der Waals surface area contributed by atoms with Crippen molar-refractivity contribution in [3.63, 3.8) is 0 Å². The molecule has 82 valence electrons. The fraction of sp³-hybridized carbons (Fsp3) is 0.231. The van der Waals surface area contributed by atoms with E-state index < -0.39 is 0 Å². The van der Waals surface area contributed by atoms with Crippen molar-refractivity contribution in [2.24, 2.45) is 0 Å². The third-order valence-electron chi connectivity index (χ3n) is 2.61. The Morgan fingerprint density at radius 3 is 2.50 bits per heavy atom. The third kappa shape index (κ3) is 2.04. The summed E-state index contributed by atoms with van der Waals surface area (Å²) in [6.45, 7) is 5.96. The Morgan fingerprint density at radius 2 is 1.94 bits per heavy atom. The summed E-state index contributed by atoms with van der Waals surface area (Å²) in [6.07, 6.45) is 1.65. The maximum Gasteiger partial charge on any atom is 0.204 e. The molecule has 1 aromatic heterocycles. The zero-order valence-electron chi connectivity index (χ0n) is 9.57. The molecule has 0 fully saturated rings. The number of hydrogen-bond acceptors (Lipinski definition) is 3. The number of ketones is 1. The zero-order chi connectivity index (χ0) is 11.7. The first-order valence-corrected chi connectivity index (χ1v) is 5.94. The van der Waals surface area contributed by atoms with Gasteiger partial charge in [0.1, 0.15) is 0 Å². The molecule has 2 nitrogen and oxygen atoms in total. The second-order valence-electron chi connectivity index (χ2n) is 3.87. The van der Waals surface area contributed by atoms with Gasteiger partial charge in [0.2, 0.25) is 5.78 Å². The van der Waals surface area contributed by atoms with Crippen molar-refractivity contribution in [2.75, 3.05) is 0 Å². The SMILES string of the molecule is Cc1ncc(C(=O)c2ccc(C)c(C)c2)s1. The van der Waals surface area contributed by atoms with Crippen LogP contribution in [0.2, 0.25) is 0 Å². The van der Waals surface area contributed by atoms with E-state index >= 15 is 0 Å². The number of thiazole rings is 1. The number of carbonyl (C=O) groups is 1. The molecular formula is C13H13NOS. The molecule has 0 aliphatic heterocycles. The van der Waals surface area contributed by atoms with Crippen molar-refractivity contribution in [1.82, 2.24) is 4.98 Å². The lowest BCUT2D eigenvalue weighted by Crippen LogP contribution is -1.99. The highest BCUT2D eigenvalue weighted by molar-refractivity contribution is 7.13. The van der Waals surface area contributed by atoms with Crippen LogP contribution in [0.4, 0.5) is 0 Å². The Labute approximate surface area is 99.0 Å². The first kappa shape index (κ1) is 11.0. The molecule has 0 atom stereocenters. The van der Waals surface area contributed by atoms with Crippen molar-refractivity contribution >= 4 is 17.1 Å². The number of rotatable bonds is 2. The number of carbonyl (C=O) groups excluding carboxylic acids is 1. The Balaban J connectivity index is 2.38. The van der Waals surface area contributed by atoms with E-state index in [-0.39, 0.29) is 5.78 Å². The Bertz CT molecular complexity index is 543. The molecule has 0 amide bonds. The van der Waals surface area contributed by atoms with E-state index in [0.29, 0.717) is 4.88 Å². The molecule has 1 heterocycles. The van der Waals surface area contributed by atoms with Gasteiger partial charge in [0.05, 0.1) is 9.88 Å². The van der Waals surface area contributed by atoms with Gasteiger partial charge in [0, 0.05) is 11.8 Å². The molecule has 3 heteroatoms. The molecule has 0 N–H and O–H groups in total. The van der Waals surface area contributed by atoms with Gasteiger partial charge in [-0.3, -0.25) is 4.79 Å². The van der Waals surface area contributed by atoms with E-state index in [9.17, 15) is 4.79 Å². The monoisotopic (exact) mass is 231 g/mol. The second kappa shape index (κ2) is 4.18. The van der Waals surface area contributed by atoms with Gasteiger partial charge in [-0.05, 0) is 38.0 Å². The first-order chi connectivity index (χ1) is 7.58. The van der Waals surface area contributed by atoms with Crippen LogP contribution in [0.25, 0.3) is 0 Å². The first-order valence-electron chi connectivity index (χ1n) is 5.12. The molecule has 0 unspecified atom stereocenters. The average molecular weight is 231 g/mol. The highest BCUT2D eigenvalue weighted by Gasteiger charge is 2.12. The third-order valence-corrected chi connectivity index (χ3v) is 3.53. The standard InChI is InChI=1S/C13H13NOS/c1-8-4-5-11(6-9(8)2)13(15)12-7-14-10(3)16-12/h4-7H,1-3H3. The summed E-state index contributed by atoms with van der Waals surface area (Å²) in [6, 6.07) is 5.79. The summed E-state index contributed by atoms with van der Waals surface area (Å²) in [4.78, 5) is 16.9. The van der Waals surface area contributed by atoms with Gasteiger partial charge >= 0.3 is 0 Å². The highest BCUT2D eigenvalue weighted by Crippen LogP contribution is 2.18. The average Bonchev–Trinajstić information content (AvgIpc) is 2.68. The zero-order valence-corrected chi connectivity index (χ0v) is 10.4. The summed E-state index contributed by atoms with van der Waals surface area (Å²) in [5, 5.41) is 0.923. The van der Waals surface area contributed by atoms with Gasteiger partial charge in [-0.25, -0.2) is 4.98 Å². The summed E-state index contributed by atoms with van der Waals surface area (Å²) < 4.78 is 0. The molecule has 0 saturated heterocycles. The molecule has 16 heavy (non-hydrogen) atoms. The lowest BCUT2D eigenvalue weighted by Gasteiger charge is -2.02. The number of nitrogens with zero attached hydrogens (tertiary/aromatic N) is 1. The summed E-state index contributed by atoms with van der Waals surface area (Å²) in [7, 11) is 0. The van der Waals surface area contributed by atoms with Crippen molar-refractivity contribution in [3.05, 3.63) is 51.0 Å². The molecular weight excluding hydrogens is 218 g/mol. The summed E-state index contributed by atoms with van der Waals surface area (Å²) in [5.41, 5.74) is 3.09. The number of aromatic nitrogens is 1. The quantitative estimate of drug-likeness (QED) is 0.742. The van der Waals surface area contributed by atoms with Crippen LogP contribution in [0.15, 0.2) is 24.4 Å². The lowest BCUT2D eigenvalue weighted by atomic mass is 10.0. The van der Waals surface area contributed by atoms with Gasteiger partial charge in [0.15, 0.2) is 0 Å². The summed E-state index contributed by atoms with van der Waals surface area (Å²) >= 11 is 1.44. The molecule has 0 bridgehead atoms. The molecule has 0 saturated carbocycles. The van der Waals surface area contributed by atoms with Gasteiger partial charge in [-0.2, -0.15) is 0 Å². The fourth-order valence-electron chi connectivity index (χ4n) is 1.49. The minimum absolute atomic E-state index is 0.0636. The van der Waals surface area contributed by atoms with E-state index in [1.807, 2.05) is 39.0 Å². The van der Waals surface area contributed by atoms with Crippen LogP contribution >= 0.6 is 11.3 Å². The number of aryl methyl sites for hydroxylation is 3. The van der Waals surface area contributed by atoms with E-state index in [1.54, 1.807) is 6.20 Å². The maximum absolute atomic E-state index is 12.1. The van der Waals surface area contributed by atoms with Crippen LogP contribution in [0.1, 0.15) is 31.4 Å². The van der Waals surface area contributed by atoms with Crippen LogP contribution in [0.5, 0.6) is 0 Å². The minimum atomic E-state index is 0.0636. The Hall–Kier alpha value is -1.48. The van der Waals surface area contributed by atoms with E-state index in [0.717, 1.165) is 16.1 Å². The molecule has 2 rings (SSSR count). The van der Waals surface area contributed by atoms with E-state index in [1.165, 1.54) is 16.9 Å². The number of hydrogen-bond donors (Lipinski definition) is 0. The minimum Gasteiger partial charge on any atom is -0.288 e. The van der Waals surface area contributed by atoms with Gasteiger partial charge in [-0.1, -0.05) is 12.1 Å². The van der Waals surface area contributed by atoms with Crippen molar-refractivity contribution in [1.29, 1.82) is 0 Å². The fourth-order valence-corrected chi connectivity index (χ4v) is 2.23. The molecule has 0 aliphatic rings. The Kier molecular flexibility index (Phi) is 2.88. The van der Waals surface area contributed by atoms with Gasteiger partial charge < -0.3 is 0 Å². The van der Waals surface area contributed by atoms with Gasteiger partial charge in [0.25, 0.3) is 0 Å². The van der Waals surface area contributed by atoms with Crippen LogP contribution in [0.3, 0.4) is 0 Å². The smallest absolute Gasteiger partial charge is 0.204 e. The Morgan fingerprint density at radius 1 is 1.19 bits per heavy atom. The summed E-state index contributed by atoms with van der Waals surface area (Å²) in [5.74, 6) is 0.0636. The molecule has 0 spiro atoms. The van der Waals surface area contributed by atoms with E-state index in [4.69, 9.17) is 0 Å². The van der Waals surface area contributed by atoms with Crippen LogP contribution in [-0.2, 0) is 0 Å². The van der Waals surface area contributed by atoms with Gasteiger partial charge in [-0.15, -0.1) is 11.3 Å². The topological polar surface area (TPSA) is 30.0 Å². The lowest BCUT2D eigenvalue weighted by molar-refractivity contribution is 0.104. The maximum atomic E-state index is 12.1. The normalized spacial score (nSPS) is 10.4. The predicted molar refractivity (Wildman–Crippen MR) is 66.2 cm³/mol. The molecule has 1 aromatic carbocycles. The highest BCUT2D eigenvalue weighted by atomic mass is 32.1. The molecule has 0 radical (unpaired) electrons. The van der Waals surface area contributed by atoms with Crippen molar-refractivity contribution < 1.29 is 4.79 Å². The second-order valence-corrected chi connectivity index (χ2v) is 5.11. The molecule has 0 aliphatic carbocycles.